The lowest BCUT2D eigenvalue weighted by Crippen LogP contribution is -2.62. The number of nitrogens with zero attached hydrogens (tertiary/aromatic N) is 1. The third-order valence-electron chi connectivity index (χ3n) is 7.02. The highest BCUT2D eigenvalue weighted by atomic mass is 16.5. The molecule has 4 rings (SSSR count). The lowest BCUT2D eigenvalue weighted by Gasteiger charge is -2.35. The fraction of sp³-hybridized carbons (Fsp3) is 0.423. The van der Waals surface area contributed by atoms with Crippen LogP contribution in [0.15, 0.2) is 48.5 Å². The highest BCUT2D eigenvalue weighted by molar-refractivity contribution is 5.91. The van der Waals surface area contributed by atoms with Gasteiger partial charge in [0.05, 0.1) is 13.2 Å². The number of methoxy groups -OCH3 is 1. The molecule has 9 nitrogen and oxygen atoms in total. The number of carbonyl (C=O) groups is 3. The van der Waals surface area contributed by atoms with Crippen LogP contribution in [-0.4, -0.2) is 77.6 Å². The van der Waals surface area contributed by atoms with Crippen LogP contribution < -0.4 is 5.32 Å². The van der Waals surface area contributed by atoms with Gasteiger partial charge in [-0.1, -0.05) is 55.5 Å². The number of benzene rings is 2. The highest BCUT2D eigenvalue weighted by Gasteiger charge is 2.50. The Morgan fingerprint density at radius 3 is 2.23 bits per heavy atom. The minimum atomic E-state index is -2.01. The van der Waals surface area contributed by atoms with Crippen molar-refractivity contribution in [2.75, 3.05) is 33.4 Å². The van der Waals surface area contributed by atoms with Crippen LogP contribution >= 0.6 is 0 Å². The number of carboxylic acids is 1. The summed E-state index contributed by atoms with van der Waals surface area (Å²) in [6, 6.07) is 16.0. The average Bonchev–Trinajstić information content (AvgIpc) is 3.41. The van der Waals surface area contributed by atoms with E-state index >= 15 is 0 Å². The average molecular weight is 483 g/mol. The summed E-state index contributed by atoms with van der Waals surface area (Å²) < 4.78 is 10.9. The zero-order chi connectivity index (χ0) is 25.2. The second-order valence-corrected chi connectivity index (χ2v) is 9.13. The number of likely N-dealkylation sites (tertiary alicyclic amines) is 1. The second-order valence-electron chi connectivity index (χ2n) is 9.13. The minimum absolute atomic E-state index is 0.0550. The third kappa shape index (κ3) is 4.49. The first-order chi connectivity index (χ1) is 16.7. The standard InChI is InChI=1S/C26H30N2O7/c1-3-25(16-34-2,22(29)28-13-12-26(33,15-28)23(30)31)27-24(32)35-14-21-19-10-6-4-8-17(19)18-9-5-7-11-20(18)21/h4-11,21,33H,3,12-16H2,1-2H3,(H,27,32)(H,30,31). The van der Waals surface area contributed by atoms with Gasteiger partial charge >= 0.3 is 12.1 Å². The summed E-state index contributed by atoms with van der Waals surface area (Å²) in [4.78, 5) is 39.0. The van der Waals surface area contributed by atoms with Crippen molar-refractivity contribution < 1.29 is 34.1 Å². The molecular weight excluding hydrogens is 452 g/mol. The van der Waals surface area contributed by atoms with Crippen LogP contribution in [0.3, 0.4) is 0 Å². The smallest absolute Gasteiger partial charge is 0.408 e. The van der Waals surface area contributed by atoms with Gasteiger partial charge in [-0.05, 0) is 28.7 Å². The van der Waals surface area contributed by atoms with Crippen molar-refractivity contribution in [3.63, 3.8) is 0 Å². The van der Waals surface area contributed by atoms with Crippen LogP contribution in [0.4, 0.5) is 4.79 Å². The zero-order valence-corrected chi connectivity index (χ0v) is 19.8. The van der Waals surface area contributed by atoms with Crippen molar-refractivity contribution in [1.29, 1.82) is 0 Å². The van der Waals surface area contributed by atoms with Crippen LogP contribution in [0.1, 0.15) is 36.8 Å². The summed E-state index contributed by atoms with van der Waals surface area (Å²) in [6.07, 6.45) is -0.677. The number of β-amino-alcohol motifs (C(OH)–C–C–N with tert-alkyl or cyclic N) is 1. The molecule has 1 fully saturated rings. The number of fused-ring (bicyclic) bond motifs is 3. The van der Waals surface area contributed by atoms with Crippen LogP contribution in [-0.2, 0) is 19.1 Å². The molecule has 35 heavy (non-hydrogen) atoms. The second kappa shape index (κ2) is 9.67. The number of rotatable bonds is 8. The first-order valence-electron chi connectivity index (χ1n) is 11.6. The van der Waals surface area contributed by atoms with Gasteiger partial charge in [0.25, 0.3) is 5.91 Å². The Kier molecular flexibility index (Phi) is 6.82. The molecule has 3 N–H and O–H groups in total. The van der Waals surface area contributed by atoms with Crippen molar-refractivity contribution in [3.8, 4) is 11.1 Å². The molecule has 1 saturated heterocycles. The van der Waals surface area contributed by atoms with Gasteiger partial charge < -0.3 is 29.9 Å². The molecule has 2 amide bonds. The van der Waals surface area contributed by atoms with E-state index in [0.29, 0.717) is 0 Å². The predicted octanol–water partition coefficient (Wildman–Crippen LogP) is 2.37. The number of hydrogen-bond acceptors (Lipinski definition) is 6. The molecular formula is C26H30N2O7. The number of aliphatic carboxylic acids is 1. The molecule has 0 aromatic heterocycles. The molecule has 2 aliphatic rings. The van der Waals surface area contributed by atoms with Crippen molar-refractivity contribution in [2.24, 2.45) is 0 Å². The molecule has 1 heterocycles. The SMILES string of the molecule is CCC(COC)(NC(=O)OCC1c2ccccc2-c2ccccc21)C(=O)N1CCC(O)(C(=O)O)C1. The third-order valence-corrected chi connectivity index (χ3v) is 7.02. The van der Waals surface area contributed by atoms with Crippen molar-refractivity contribution in [2.45, 2.75) is 36.8 Å². The normalized spacial score (nSPS) is 20.6. The van der Waals surface area contributed by atoms with E-state index in [9.17, 15) is 24.6 Å². The Morgan fingerprint density at radius 2 is 1.71 bits per heavy atom. The lowest BCUT2D eigenvalue weighted by molar-refractivity contribution is -0.157. The van der Waals surface area contributed by atoms with Gasteiger partial charge in [0.15, 0.2) is 5.60 Å². The van der Waals surface area contributed by atoms with Crippen molar-refractivity contribution in [3.05, 3.63) is 59.7 Å². The fourth-order valence-corrected chi connectivity index (χ4v) is 5.01. The monoisotopic (exact) mass is 482 g/mol. The van der Waals surface area contributed by atoms with Crippen molar-refractivity contribution >= 4 is 18.0 Å². The largest absolute Gasteiger partial charge is 0.479 e. The van der Waals surface area contributed by atoms with Gasteiger partial charge in [0, 0.05) is 26.0 Å². The summed E-state index contributed by atoms with van der Waals surface area (Å²) in [5.41, 5.74) is 0.888. The molecule has 2 aromatic carbocycles. The summed E-state index contributed by atoms with van der Waals surface area (Å²) in [5, 5.41) is 22.2. The Bertz CT molecular complexity index is 1090. The molecule has 0 bridgehead atoms. The Morgan fingerprint density at radius 1 is 1.11 bits per heavy atom. The predicted molar refractivity (Wildman–Crippen MR) is 127 cm³/mol. The van der Waals surface area contributed by atoms with Gasteiger partial charge in [0.1, 0.15) is 12.1 Å². The molecule has 2 unspecified atom stereocenters. The maximum atomic E-state index is 13.4. The molecule has 2 atom stereocenters. The molecule has 0 radical (unpaired) electrons. The summed E-state index contributed by atoms with van der Waals surface area (Å²) in [5.74, 6) is -2.04. The Balaban J connectivity index is 1.48. The summed E-state index contributed by atoms with van der Waals surface area (Å²) in [7, 11) is 1.41. The number of alkyl carbamates (subject to hydrolysis) is 1. The first kappa shape index (κ1) is 24.7. The number of ether oxygens (including phenoxy) is 2. The zero-order valence-electron chi connectivity index (χ0n) is 19.8. The van der Waals surface area contributed by atoms with Crippen LogP contribution in [0, 0.1) is 0 Å². The molecule has 1 aliphatic heterocycles. The highest BCUT2D eigenvalue weighted by Crippen LogP contribution is 2.44. The number of nitrogens with one attached hydrogen (secondary N) is 1. The number of carboxylic acid groups (broad SMARTS) is 1. The number of aliphatic hydroxyl groups is 1. The van der Waals surface area contributed by atoms with E-state index in [0.717, 1.165) is 22.3 Å². The van der Waals surface area contributed by atoms with Crippen LogP contribution in [0.2, 0.25) is 0 Å². The van der Waals surface area contributed by atoms with E-state index in [1.165, 1.54) is 12.0 Å². The van der Waals surface area contributed by atoms with E-state index in [-0.39, 0.29) is 45.1 Å². The fourth-order valence-electron chi connectivity index (χ4n) is 5.01. The molecule has 2 aromatic rings. The van der Waals surface area contributed by atoms with E-state index in [1.807, 2.05) is 48.5 Å². The molecule has 9 heteroatoms. The van der Waals surface area contributed by atoms with E-state index in [2.05, 4.69) is 5.32 Å². The van der Waals surface area contributed by atoms with E-state index in [1.54, 1.807) is 6.92 Å². The van der Waals surface area contributed by atoms with Crippen molar-refractivity contribution in [1.82, 2.24) is 10.2 Å². The first-order valence-corrected chi connectivity index (χ1v) is 11.6. The Hall–Kier alpha value is -3.43. The van der Waals surface area contributed by atoms with Gasteiger partial charge in [0.2, 0.25) is 0 Å². The molecule has 0 spiro atoms. The summed E-state index contributed by atoms with van der Waals surface area (Å²) >= 11 is 0. The number of amides is 2. The Labute approximate surface area is 203 Å². The quantitative estimate of drug-likeness (QED) is 0.527. The van der Waals surface area contributed by atoms with Gasteiger partial charge in [-0.2, -0.15) is 0 Å². The van der Waals surface area contributed by atoms with E-state index < -0.39 is 29.1 Å². The molecule has 0 saturated carbocycles. The number of carbonyl (C=O) groups excluding carboxylic acids is 2. The van der Waals surface area contributed by atoms with Gasteiger partial charge in [-0.15, -0.1) is 0 Å². The van der Waals surface area contributed by atoms with Crippen LogP contribution in [0.25, 0.3) is 11.1 Å². The summed E-state index contributed by atoms with van der Waals surface area (Å²) in [6.45, 7) is 1.37. The number of hydrogen-bond donors (Lipinski definition) is 3. The van der Waals surface area contributed by atoms with Gasteiger partial charge in [-0.3, -0.25) is 4.79 Å². The molecule has 1 aliphatic carbocycles. The van der Waals surface area contributed by atoms with Gasteiger partial charge in [-0.25, -0.2) is 9.59 Å². The maximum absolute atomic E-state index is 13.4. The maximum Gasteiger partial charge on any atom is 0.408 e. The van der Waals surface area contributed by atoms with E-state index in [4.69, 9.17) is 9.47 Å². The topological polar surface area (TPSA) is 125 Å². The molecule has 186 valence electrons. The lowest BCUT2D eigenvalue weighted by atomic mass is 9.95. The van der Waals surface area contributed by atoms with Crippen LogP contribution in [0.5, 0.6) is 0 Å². The minimum Gasteiger partial charge on any atom is -0.479 e.